The van der Waals surface area contributed by atoms with Crippen LogP contribution in [0.3, 0.4) is 0 Å². The van der Waals surface area contributed by atoms with E-state index in [9.17, 15) is 4.79 Å². The predicted octanol–water partition coefficient (Wildman–Crippen LogP) is 2.99. The number of carbonyl (C=O) groups excluding carboxylic acids is 1. The van der Waals surface area contributed by atoms with E-state index in [1.165, 1.54) is 0 Å². The number of aromatic nitrogens is 3. The van der Waals surface area contributed by atoms with Gasteiger partial charge in [-0.15, -0.1) is 0 Å². The molecule has 1 amide bonds. The molecule has 21 heavy (non-hydrogen) atoms. The lowest BCUT2D eigenvalue weighted by Crippen LogP contribution is -2.17. The van der Waals surface area contributed by atoms with Crippen LogP contribution < -0.4 is 5.32 Å². The van der Waals surface area contributed by atoms with Crippen molar-refractivity contribution in [1.82, 2.24) is 14.8 Å². The first-order valence-corrected chi connectivity index (χ1v) is 7.46. The van der Waals surface area contributed by atoms with Crippen LogP contribution in [0.15, 0.2) is 24.7 Å². The van der Waals surface area contributed by atoms with Crippen LogP contribution in [0.5, 0.6) is 0 Å². The average Bonchev–Trinajstić information content (AvgIpc) is 2.91. The molecular weight excluding hydrogens is 264 g/mol. The van der Waals surface area contributed by atoms with Gasteiger partial charge >= 0.3 is 0 Å². The third-order valence-corrected chi connectivity index (χ3v) is 3.91. The van der Waals surface area contributed by atoms with Crippen LogP contribution in [0, 0.1) is 0 Å². The van der Waals surface area contributed by atoms with Crippen molar-refractivity contribution in [2.75, 3.05) is 5.32 Å². The highest BCUT2D eigenvalue weighted by atomic mass is 16.1. The van der Waals surface area contributed by atoms with Crippen LogP contribution in [0.25, 0.3) is 0 Å². The lowest BCUT2D eigenvalue weighted by molar-refractivity contribution is 0.102. The van der Waals surface area contributed by atoms with Crippen molar-refractivity contribution in [3.8, 4) is 0 Å². The fourth-order valence-corrected chi connectivity index (χ4v) is 2.65. The van der Waals surface area contributed by atoms with Crippen molar-refractivity contribution in [2.45, 2.75) is 45.6 Å². The first-order chi connectivity index (χ1) is 10.1. The van der Waals surface area contributed by atoms with Gasteiger partial charge in [0.25, 0.3) is 5.91 Å². The zero-order chi connectivity index (χ0) is 14.8. The number of amides is 1. The minimum Gasteiger partial charge on any atom is -0.320 e. The van der Waals surface area contributed by atoms with E-state index in [0.717, 1.165) is 42.8 Å². The quantitative estimate of drug-likeness (QED) is 0.942. The average molecular weight is 284 g/mol. The highest BCUT2D eigenvalue weighted by Crippen LogP contribution is 2.21. The Morgan fingerprint density at radius 2 is 2.14 bits per heavy atom. The molecule has 5 heteroatoms. The molecule has 0 saturated heterocycles. The molecule has 0 unspecified atom stereocenters. The van der Waals surface area contributed by atoms with Gasteiger partial charge in [-0.1, -0.05) is 13.8 Å². The number of hydrogen-bond donors (Lipinski definition) is 1. The molecular formula is C16H20N4O. The summed E-state index contributed by atoms with van der Waals surface area (Å²) in [6, 6.07) is 1.98. The van der Waals surface area contributed by atoms with Crippen LogP contribution in [-0.2, 0) is 13.0 Å². The Labute approximate surface area is 124 Å². The normalized spacial score (nSPS) is 14.0. The van der Waals surface area contributed by atoms with Gasteiger partial charge in [-0.3, -0.25) is 14.5 Å². The summed E-state index contributed by atoms with van der Waals surface area (Å²) in [6.45, 7) is 5.13. The Hall–Kier alpha value is -2.17. The number of fused-ring (bicyclic) bond motifs is 1. The molecule has 3 heterocycles. The maximum absolute atomic E-state index is 12.4. The molecule has 0 atom stereocenters. The highest BCUT2D eigenvalue weighted by Gasteiger charge is 2.20. The van der Waals surface area contributed by atoms with E-state index in [0.29, 0.717) is 11.5 Å². The third-order valence-electron chi connectivity index (χ3n) is 3.91. The summed E-state index contributed by atoms with van der Waals surface area (Å²) in [7, 11) is 0. The molecule has 3 rings (SSSR count). The van der Waals surface area contributed by atoms with Gasteiger partial charge in [-0.2, -0.15) is 5.10 Å². The van der Waals surface area contributed by atoms with E-state index in [1.54, 1.807) is 12.4 Å². The van der Waals surface area contributed by atoms with Crippen molar-refractivity contribution >= 4 is 11.6 Å². The molecule has 2 aromatic heterocycles. The first kappa shape index (κ1) is 13.8. The van der Waals surface area contributed by atoms with Crippen LogP contribution >= 0.6 is 0 Å². The summed E-state index contributed by atoms with van der Waals surface area (Å²) in [5.74, 6) is 0.291. The zero-order valence-corrected chi connectivity index (χ0v) is 12.5. The van der Waals surface area contributed by atoms with Crippen molar-refractivity contribution in [3.05, 3.63) is 41.5 Å². The van der Waals surface area contributed by atoms with Gasteiger partial charge in [0, 0.05) is 12.7 Å². The number of pyridine rings is 1. The van der Waals surface area contributed by atoms with Crippen molar-refractivity contribution in [3.63, 3.8) is 0 Å². The number of carbonyl (C=O) groups is 1. The van der Waals surface area contributed by atoms with Crippen LogP contribution in [0.2, 0.25) is 0 Å². The van der Waals surface area contributed by atoms with Gasteiger partial charge in [-0.25, -0.2) is 0 Å². The van der Waals surface area contributed by atoms with Crippen LogP contribution in [0.1, 0.15) is 54.2 Å². The summed E-state index contributed by atoms with van der Waals surface area (Å²) >= 11 is 0. The predicted molar refractivity (Wildman–Crippen MR) is 81.4 cm³/mol. The molecule has 0 saturated carbocycles. The highest BCUT2D eigenvalue weighted by molar-refractivity contribution is 6.04. The Balaban J connectivity index is 1.80. The van der Waals surface area contributed by atoms with Crippen molar-refractivity contribution in [1.29, 1.82) is 0 Å². The first-order valence-electron chi connectivity index (χ1n) is 7.46. The lowest BCUT2D eigenvalue weighted by Gasteiger charge is -2.14. The minimum absolute atomic E-state index is 0.0964. The van der Waals surface area contributed by atoms with Gasteiger partial charge in [0.05, 0.1) is 29.3 Å². The molecule has 2 aromatic rings. The van der Waals surface area contributed by atoms with E-state index < -0.39 is 0 Å². The Bertz CT molecular complexity index is 660. The topological polar surface area (TPSA) is 59.8 Å². The summed E-state index contributed by atoms with van der Waals surface area (Å²) in [5, 5.41) is 7.24. The van der Waals surface area contributed by atoms with E-state index in [-0.39, 0.29) is 5.91 Å². The van der Waals surface area contributed by atoms with E-state index in [4.69, 9.17) is 0 Å². The number of nitrogens with zero attached hydrogens (tertiary/aromatic N) is 3. The number of rotatable bonds is 3. The standard InChI is InChI=1S/C16H20N4O/c1-11(2)12-7-13(9-17-8-12)19-16(21)14-10-18-20-6-4-3-5-15(14)20/h7-11H,3-6H2,1-2H3,(H,19,21). The number of nitrogens with one attached hydrogen (secondary N) is 1. The molecule has 110 valence electrons. The van der Waals surface area contributed by atoms with E-state index in [2.05, 4.69) is 29.2 Å². The molecule has 1 aliphatic heterocycles. The largest absolute Gasteiger partial charge is 0.320 e. The Morgan fingerprint density at radius 1 is 1.29 bits per heavy atom. The Kier molecular flexibility index (Phi) is 3.73. The fraction of sp³-hybridized carbons (Fsp3) is 0.438. The van der Waals surface area contributed by atoms with Gasteiger partial charge in [0.1, 0.15) is 0 Å². The van der Waals surface area contributed by atoms with Gasteiger partial charge < -0.3 is 5.32 Å². The molecule has 0 aliphatic carbocycles. The zero-order valence-electron chi connectivity index (χ0n) is 12.5. The number of anilines is 1. The second kappa shape index (κ2) is 5.68. The molecule has 5 nitrogen and oxygen atoms in total. The molecule has 0 spiro atoms. The number of aryl methyl sites for hydroxylation is 1. The third kappa shape index (κ3) is 2.82. The van der Waals surface area contributed by atoms with Crippen LogP contribution in [0.4, 0.5) is 5.69 Å². The molecule has 1 aliphatic rings. The molecule has 0 radical (unpaired) electrons. The molecule has 0 bridgehead atoms. The minimum atomic E-state index is -0.0964. The smallest absolute Gasteiger partial charge is 0.259 e. The maximum atomic E-state index is 12.4. The van der Waals surface area contributed by atoms with E-state index in [1.807, 2.05) is 16.9 Å². The van der Waals surface area contributed by atoms with E-state index >= 15 is 0 Å². The maximum Gasteiger partial charge on any atom is 0.259 e. The fourth-order valence-electron chi connectivity index (χ4n) is 2.65. The monoisotopic (exact) mass is 284 g/mol. The molecule has 1 N–H and O–H groups in total. The Morgan fingerprint density at radius 3 is 2.95 bits per heavy atom. The van der Waals surface area contributed by atoms with Gasteiger partial charge in [-0.05, 0) is 36.8 Å². The second-order valence-electron chi connectivity index (χ2n) is 5.80. The lowest BCUT2D eigenvalue weighted by atomic mass is 10.1. The molecule has 0 aromatic carbocycles. The van der Waals surface area contributed by atoms with Crippen molar-refractivity contribution in [2.24, 2.45) is 0 Å². The summed E-state index contributed by atoms with van der Waals surface area (Å²) in [6.07, 6.45) is 8.37. The SMILES string of the molecule is CC(C)c1cncc(NC(=O)c2cnn3c2CCCC3)c1. The van der Waals surface area contributed by atoms with Gasteiger partial charge in [0.2, 0.25) is 0 Å². The second-order valence-corrected chi connectivity index (χ2v) is 5.80. The number of hydrogen-bond acceptors (Lipinski definition) is 3. The van der Waals surface area contributed by atoms with Crippen molar-refractivity contribution < 1.29 is 4.79 Å². The summed E-state index contributed by atoms with van der Waals surface area (Å²) < 4.78 is 1.95. The summed E-state index contributed by atoms with van der Waals surface area (Å²) in [5.41, 5.74) is 3.59. The van der Waals surface area contributed by atoms with Gasteiger partial charge in [0.15, 0.2) is 0 Å². The molecule has 0 fully saturated rings. The van der Waals surface area contributed by atoms with Crippen LogP contribution in [-0.4, -0.2) is 20.7 Å². The summed E-state index contributed by atoms with van der Waals surface area (Å²) in [4.78, 5) is 16.6.